The Morgan fingerprint density at radius 1 is 1.29 bits per heavy atom. The Hall–Kier alpha value is -0.930. The number of rotatable bonds is 6. The minimum Gasteiger partial charge on any atom is -0.316 e. The fourth-order valence-corrected chi connectivity index (χ4v) is 1.26. The second-order valence-corrected chi connectivity index (χ2v) is 3.30. The van der Waals surface area contributed by atoms with Gasteiger partial charge in [-0.1, -0.05) is 13.0 Å². The first kappa shape index (κ1) is 11.1. The number of aryl methyl sites for hydroxylation is 1. The highest BCUT2D eigenvalue weighted by atomic mass is 14.9. The average Bonchev–Trinajstić information content (AvgIpc) is 2.20. The molecule has 0 amide bonds. The van der Waals surface area contributed by atoms with Gasteiger partial charge in [-0.05, 0) is 25.1 Å². The molecule has 0 radical (unpaired) electrons. The van der Waals surface area contributed by atoms with Crippen molar-refractivity contribution in [2.75, 3.05) is 19.6 Å². The molecule has 3 heteroatoms. The lowest BCUT2D eigenvalue weighted by atomic mass is 10.2. The molecule has 0 saturated carbocycles. The van der Waals surface area contributed by atoms with E-state index in [0.717, 1.165) is 31.9 Å². The van der Waals surface area contributed by atoms with Gasteiger partial charge in [-0.15, -0.1) is 0 Å². The molecule has 1 aromatic rings. The van der Waals surface area contributed by atoms with Gasteiger partial charge in [-0.2, -0.15) is 0 Å². The third-order valence-electron chi connectivity index (χ3n) is 2.14. The molecule has 3 nitrogen and oxygen atoms in total. The predicted octanol–water partition coefficient (Wildman–Crippen LogP) is 1.09. The van der Waals surface area contributed by atoms with E-state index in [0.29, 0.717) is 0 Å². The number of likely N-dealkylation sites (N-methyl/N-ethyl adjacent to an activating group) is 1. The van der Waals surface area contributed by atoms with E-state index in [1.807, 2.05) is 12.3 Å². The molecule has 0 spiro atoms. The Balaban J connectivity index is 2.21. The largest absolute Gasteiger partial charge is 0.316 e. The maximum absolute atomic E-state index is 4.31. The van der Waals surface area contributed by atoms with Crippen molar-refractivity contribution in [1.29, 1.82) is 0 Å². The van der Waals surface area contributed by atoms with Crippen LogP contribution in [-0.2, 0) is 6.54 Å². The fourth-order valence-electron chi connectivity index (χ4n) is 1.26. The number of hydrogen-bond donors (Lipinski definition) is 2. The van der Waals surface area contributed by atoms with Crippen LogP contribution in [0.1, 0.15) is 18.2 Å². The highest BCUT2D eigenvalue weighted by Gasteiger charge is 1.96. The topological polar surface area (TPSA) is 37.0 Å². The van der Waals surface area contributed by atoms with Gasteiger partial charge in [0.15, 0.2) is 0 Å². The lowest BCUT2D eigenvalue weighted by Crippen LogP contribution is -2.27. The number of nitrogens with one attached hydrogen (secondary N) is 2. The monoisotopic (exact) mass is 193 g/mol. The molecule has 0 aliphatic heterocycles. The third kappa shape index (κ3) is 3.85. The fraction of sp³-hybridized carbons (Fsp3) is 0.545. The minimum atomic E-state index is 0.859. The van der Waals surface area contributed by atoms with Crippen molar-refractivity contribution in [3.05, 3.63) is 29.6 Å². The van der Waals surface area contributed by atoms with Crippen molar-refractivity contribution in [3.63, 3.8) is 0 Å². The summed E-state index contributed by atoms with van der Waals surface area (Å²) in [5, 5.41) is 6.62. The van der Waals surface area contributed by atoms with Crippen molar-refractivity contribution >= 4 is 0 Å². The molecule has 0 aliphatic rings. The van der Waals surface area contributed by atoms with E-state index in [9.17, 15) is 0 Å². The number of pyridine rings is 1. The second kappa shape index (κ2) is 6.51. The summed E-state index contributed by atoms with van der Waals surface area (Å²) in [4.78, 5) is 4.31. The van der Waals surface area contributed by atoms with Gasteiger partial charge in [0.2, 0.25) is 0 Å². The molecule has 0 bridgehead atoms. The highest BCUT2D eigenvalue weighted by molar-refractivity contribution is 5.17. The van der Waals surface area contributed by atoms with E-state index in [1.54, 1.807) is 0 Å². The first-order chi connectivity index (χ1) is 6.84. The Labute approximate surface area is 85.9 Å². The first-order valence-electron chi connectivity index (χ1n) is 5.16. The maximum atomic E-state index is 4.31. The number of nitrogens with zero attached hydrogens (tertiary/aromatic N) is 1. The van der Waals surface area contributed by atoms with Gasteiger partial charge in [0, 0.05) is 25.8 Å². The summed E-state index contributed by atoms with van der Waals surface area (Å²) in [6, 6.07) is 4.06. The Morgan fingerprint density at radius 3 is 2.79 bits per heavy atom. The summed E-state index contributed by atoms with van der Waals surface area (Å²) in [7, 11) is 0. The van der Waals surface area contributed by atoms with Crippen molar-refractivity contribution < 1.29 is 0 Å². The SMILES string of the molecule is CCNCCNCc1ncccc1C. The standard InChI is InChI=1S/C11H19N3/c1-3-12-7-8-13-9-11-10(2)5-4-6-14-11/h4-6,12-13H,3,7-9H2,1-2H3. The predicted molar refractivity (Wildman–Crippen MR) is 59.2 cm³/mol. The van der Waals surface area contributed by atoms with Gasteiger partial charge in [-0.3, -0.25) is 4.98 Å². The zero-order valence-electron chi connectivity index (χ0n) is 9.01. The third-order valence-corrected chi connectivity index (χ3v) is 2.14. The Morgan fingerprint density at radius 2 is 2.07 bits per heavy atom. The average molecular weight is 193 g/mol. The molecule has 0 aliphatic carbocycles. The van der Waals surface area contributed by atoms with Crippen LogP contribution in [-0.4, -0.2) is 24.6 Å². The van der Waals surface area contributed by atoms with Crippen LogP contribution < -0.4 is 10.6 Å². The zero-order valence-corrected chi connectivity index (χ0v) is 9.01. The van der Waals surface area contributed by atoms with Gasteiger partial charge in [0.1, 0.15) is 0 Å². The first-order valence-corrected chi connectivity index (χ1v) is 5.16. The summed E-state index contributed by atoms with van der Waals surface area (Å²) in [5.41, 5.74) is 2.40. The van der Waals surface area contributed by atoms with Gasteiger partial charge in [0.05, 0.1) is 5.69 Å². The van der Waals surface area contributed by atoms with Crippen molar-refractivity contribution in [2.24, 2.45) is 0 Å². The van der Waals surface area contributed by atoms with Crippen LogP contribution in [0.5, 0.6) is 0 Å². The van der Waals surface area contributed by atoms with Crippen LogP contribution in [0.15, 0.2) is 18.3 Å². The summed E-state index contributed by atoms with van der Waals surface area (Å²) in [6.45, 7) is 8.10. The van der Waals surface area contributed by atoms with Crippen molar-refractivity contribution in [3.8, 4) is 0 Å². The number of hydrogen-bond acceptors (Lipinski definition) is 3. The second-order valence-electron chi connectivity index (χ2n) is 3.30. The molecular formula is C11H19N3. The van der Waals surface area contributed by atoms with E-state index >= 15 is 0 Å². The minimum absolute atomic E-state index is 0.859. The molecule has 1 aromatic heterocycles. The van der Waals surface area contributed by atoms with Gasteiger partial charge in [-0.25, -0.2) is 0 Å². The molecule has 0 saturated heterocycles. The zero-order chi connectivity index (χ0) is 10.2. The molecule has 0 atom stereocenters. The van der Waals surface area contributed by atoms with E-state index in [2.05, 4.69) is 35.5 Å². The van der Waals surface area contributed by atoms with Crippen molar-refractivity contribution in [1.82, 2.24) is 15.6 Å². The van der Waals surface area contributed by atoms with Gasteiger partial charge in [0.25, 0.3) is 0 Å². The molecule has 1 heterocycles. The molecule has 0 fully saturated rings. The van der Waals surface area contributed by atoms with Crippen LogP contribution in [0.4, 0.5) is 0 Å². The van der Waals surface area contributed by atoms with E-state index in [-0.39, 0.29) is 0 Å². The highest BCUT2D eigenvalue weighted by Crippen LogP contribution is 2.01. The van der Waals surface area contributed by atoms with Crippen molar-refractivity contribution in [2.45, 2.75) is 20.4 Å². The molecule has 14 heavy (non-hydrogen) atoms. The van der Waals surface area contributed by atoms with E-state index in [4.69, 9.17) is 0 Å². The smallest absolute Gasteiger partial charge is 0.0570 e. The van der Waals surface area contributed by atoms with Gasteiger partial charge >= 0.3 is 0 Å². The summed E-state index contributed by atoms with van der Waals surface area (Å²) in [6.07, 6.45) is 1.84. The normalized spacial score (nSPS) is 10.4. The molecule has 1 rings (SSSR count). The van der Waals surface area contributed by atoms with E-state index in [1.165, 1.54) is 5.56 Å². The maximum Gasteiger partial charge on any atom is 0.0570 e. The quantitative estimate of drug-likeness (QED) is 0.664. The van der Waals surface area contributed by atoms with Crippen LogP contribution >= 0.6 is 0 Å². The molecule has 0 unspecified atom stereocenters. The summed E-state index contributed by atoms with van der Waals surface area (Å²) >= 11 is 0. The lowest BCUT2D eigenvalue weighted by molar-refractivity contribution is 0.617. The molecule has 2 N–H and O–H groups in total. The van der Waals surface area contributed by atoms with Crippen LogP contribution in [0.25, 0.3) is 0 Å². The Kier molecular flexibility index (Phi) is 5.19. The number of aromatic nitrogens is 1. The molecule has 78 valence electrons. The van der Waals surface area contributed by atoms with Crippen LogP contribution in [0.2, 0.25) is 0 Å². The molecule has 0 aromatic carbocycles. The summed E-state index contributed by atoms with van der Waals surface area (Å²) < 4.78 is 0. The molecular weight excluding hydrogens is 174 g/mol. The lowest BCUT2D eigenvalue weighted by Gasteiger charge is -2.06. The van der Waals surface area contributed by atoms with Crippen LogP contribution in [0, 0.1) is 6.92 Å². The van der Waals surface area contributed by atoms with E-state index < -0.39 is 0 Å². The Bertz CT molecular complexity index is 260. The van der Waals surface area contributed by atoms with Crippen LogP contribution in [0.3, 0.4) is 0 Å². The summed E-state index contributed by atoms with van der Waals surface area (Å²) in [5.74, 6) is 0. The van der Waals surface area contributed by atoms with Gasteiger partial charge < -0.3 is 10.6 Å².